The summed E-state index contributed by atoms with van der Waals surface area (Å²) in [6.07, 6.45) is -0.617. The zero-order valence-electron chi connectivity index (χ0n) is 16.6. The molecule has 3 aromatic heterocycles. The summed E-state index contributed by atoms with van der Waals surface area (Å²) in [5.41, 5.74) is -1.24. The molecule has 4 rings (SSSR count). The van der Waals surface area contributed by atoms with Gasteiger partial charge >= 0.3 is 6.18 Å². The molecule has 2 atom stereocenters. The highest BCUT2D eigenvalue weighted by Gasteiger charge is 2.38. The Bertz CT molecular complexity index is 1090. The lowest BCUT2D eigenvalue weighted by atomic mass is 10.1. The Morgan fingerprint density at radius 1 is 1.33 bits per heavy atom. The van der Waals surface area contributed by atoms with E-state index in [9.17, 15) is 18.0 Å². The molecule has 1 saturated heterocycles. The molecule has 4 heterocycles. The molecular weight excluding hydrogens is 401 g/mol. The van der Waals surface area contributed by atoms with Crippen LogP contribution in [0, 0.1) is 0 Å². The fourth-order valence-electron chi connectivity index (χ4n) is 3.50. The Morgan fingerprint density at radius 2 is 2.10 bits per heavy atom. The van der Waals surface area contributed by atoms with Crippen molar-refractivity contribution in [2.75, 3.05) is 23.3 Å². The number of fused-ring (bicyclic) bond motifs is 1. The van der Waals surface area contributed by atoms with E-state index < -0.39 is 23.5 Å². The third kappa shape index (κ3) is 3.70. The Morgan fingerprint density at radius 3 is 2.83 bits per heavy atom. The molecule has 160 valence electrons. The summed E-state index contributed by atoms with van der Waals surface area (Å²) in [6, 6.07) is 2.28. The van der Waals surface area contributed by atoms with Gasteiger partial charge in [-0.25, -0.2) is 9.50 Å². The molecule has 9 nitrogen and oxygen atoms in total. The first-order valence-electron chi connectivity index (χ1n) is 9.40. The van der Waals surface area contributed by atoms with Crippen molar-refractivity contribution >= 4 is 23.1 Å². The Labute approximate surface area is 169 Å². The summed E-state index contributed by atoms with van der Waals surface area (Å²) in [4.78, 5) is 19.5. The van der Waals surface area contributed by atoms with Gasteiger partial charge in [0.05, 0.1) is 11.9 Å². The number of piperazine rings is 1. The second-order valence-electron chi connectivity index (χ2n) is 7.44. The van der Waals surface area contributed by atoms with Gasteiger partial charge in [0.15, 0.2) is 11.3 Å². The number of hydrogen-bond donors (Lipinski definition) is 2. The SMILES string of the molecule is CC1CN(c2ccn3ncc(C(=O)Nc4cn(C)nc4C(F)(F)F)c3n2)C(C)CN1. The van der Waals surface area contributed by atoms with E-state index in [4.69, 9.17) is 0 Å². The minimum Gasteiger partial charge on any atom is -0.351 e. The summed E-state index contributed by atoms with van der Waals surface area (Å²) >= 11 is 0. The van der Waals surface area contributed by atoms with Crippen molar-refractivity contribution in [2.24, 2.45) is 7.05 Å². The highest BCUT2D eigenvalue weighted by molar-refractivity contribution is 6.08. The molecule has 0 saturated carbocycles. The van der Waals surface area contributed by atoms with Gasteiger partial charge in [-0.15, -0.1) is 0 Å². The molecule has 30 heavy (non-hydrogen) atoms. The van der Waals surface area contributed by atoms with Crippen LogP contribution in [0.4, 0.5) is 24.7 Å². The highest BCUT2D eigenvalue weighted by Crippen LogP contribution is 2.33. The molecule has 1 amide bonds. The van der Waals surface area contributed by atoms with Crippen LogP contribution in [0.1, 0.15) is 29.9 Å². The van der Waals surface area contributed by atoms with Crippen LogP contribution in [-0.2, 0) is 13.2 Å². The van der Waals surface area contributed by atoms with Gasteiger partial charge in [-0.3, -0.25) is 9.48 Å². The molecular formula is C18H21F3N8O. The lowest BCUT2D eigenvalue weighted by Gasteiger charge is -2.38. The third-order valence-corrected chi connectivity index (χ3v) is 5.00. The van der Waals surface area contributed by atoms with Crippen molar-refractivity contribution in [1.29, 1.82) is 0 Å². The molecule has 1 aliphatic rings. The summed E-state index contributed by atoms with van der Waals surface area (Å²) in [5, 5.41) is 13.2. The van der Waals surface area contributed by atoms with E-state index in [0.717, 1.165) is 24.0 Å². The van der Waals surface area contributed by atoms with Crippen LogP contribution in [0.3, 0.4) is 0 Å². The van der Waals surface area contributed by atoms with Crippen LogP contribution >= 0.6 is 0 Å². The van der Waals surface area contributed by atoms with E-state index in [1.54, 1.807) is 12.3 Å². The van der Waals surface area contributed by atoms with Gasteiger partial charge in [0.1, 0.15) is 11.4 Å². The third-order valence-electron chi connectivity index (χ3n) is 5.00. The Hall–Kier alpha value is -3.15. The van der Waals surface area contributed by atoms with E-state index >= 15 is 0 Å². The van der Waals surface area contributed by atoms with Crippen molar-refractivity contribution in [3.63, 3.8) is 0 Å². The largest absolute Gasteiger partial charge is 0.437 e. The summed E-state index contributed by atoms with van der Waals surface area (Å²) in [5.74, 6) is -0.0647. The maximum absolute atomic E-state index is 13.2. The molecule has 2 N–H and O–H groups in total. The fraction of sp³-hybridized carbons (Fsp3) is 0.444. The molecule has 0 bridgehead atoms. The lowest BCUT2D eigenvalue weighted by molar-refractivity contribution is -0.140. The van der Waals surface area contributed by atoms with Gasteiger partial charge in [-0.1, -0.05) is 0 Å². The molecule has 1 aliphatic heterocycles. The van der Waals surface area contributed by atoms with Crippen LogP contribution < -0.4 is 15.5 Å². The number of amides is 1. The lowest BCUT2D eigenvalue weighted by Crippen LogP contribution is -2.54. The zero-order valence-corrected chi connectivity index (χ0v) is 16.6. The number of halogens is 3. The smallest absolute Gasteiger partial charge is 0.351 e. The van der Waals surface area contributed by atoms with E-state index in [1.165, 1.54) is 17.8 Å². The van der Waals surface area contributed by atoms with Gasteiger partial charge in [0.25, 0.3) is 5.91 Å². The minimum atomic E-state index is -4.69. The average molecular weight is 422 g/mol. The van der Waals surface area contributed by atoms with E-state index in [1.807, 2.05) is 0 Å². The number of aromatic nitrogens is 5. The summed E-state index contributed by atoms with van der Waals surface area (Å²) in [7, 11) is 1.35. The highest BCUT2D eigenvalue weighted by atomic mass is 19.4. The van der Waals surface area contributed by atoms with Crippen molar-refractivity contribution in [1.82, 2.24) is 29.7 Å². The monoisotopic (exact) mass is 422 g/mol. The number of aryl methyl sites for hydroxylation is 1. The van der Waals surface area contributed by atoms with Crippen LogP contribution in [0.15, 0.2) is 24.7 Å². The summed E-state index contributed by atoms with van der Waals surface area (Å²) < 4.78 is 41.9. The number of alkyl halides is 3. The molecule has 0 spiro atoms. The van der Waals surface area contributed by atoms with Crippen LogP contribution in [0.5, 0.6) is 0 Å². The molecule has 3 aromatic rings. The minimum absolute atomic E-state index is 0.0738. The number of carbonyl (C=O) groups excluding carboxylic acids is 1. The first-order chi connectivity index (χ1) is 14.1. The van der Waals surface area contributed by atoms with Crippen molar-refractivity contribution in [3.05, 3.63) is 35.9 Å². The number of nitrogens with zero attached hydrogens (tertiary/aromatic N) is 6. The van der Waals surface area contributed by atoms with Crippen molar-refractivity contribution < 1.29 is 18.0 Å². The zero-order chi connectivity index (χ0) is 21.6. The predicted molar refractivity (Wildman–Crippen MR) is 103 cm³/mol. The van der Waals surface area contributed by atoms with E-state index in [-0.39, 0.29) is 23.3 Å². The van der Waals surface area contributed by atoms with Crippen LogP contribution in [0.2, 0.25) is 0 Å². The molecule has 1 fully saturated rings. The molecule has 0 radical (unpaired) electrons. The van der Waals surface area contributed by atoms with Crippen molar-refractivity contribution in [3.8, 4) is 0 Å². The molecule has 12 heteroatoms. The van der Waals surface area contributed by atoms with Crippen LogP contribution in [0.25, 0.3) is 5.65 Å². The van der Waals surface area contributed by atoms with Crippen LogP contribution in [-0.4, -0.2) is 55.5 Å². The van der Waals surface area contributed by atoms with Gasteiger partial charge < -0.3 is 15.5 Å². The van der Waals surface area contributed by atoms with Crippen molar-refractivity contribution in [2.45, 2.75) is 32.1 Å². The first kappa shape index (κ1) is 20.1. The van der Waals surface area contributed by atoms with Gasteiger partial charge in [-0.2, -0.15) is 23.4 Å². The quantitative estimate of drug-likeness (QED) is 0.670. The molecule has 0 aliphatic carbocycles. The standard InChI is InChI=1S/C18H21F3N8O/c1-10-8-28(11(2)6-22-10)14-4-5-29-16(25-14)12(7-23-29)17(30)24-13-9-27(3)26-15(13)18(19,20)21/h4-5,7,9-11,22H,6,8H2,1-3H3,(H,24,30). The number of hydrogen-bond acceptors (Lipinski definition) is 6. The topological polar surface area (TPSA) is 92.4 Å². The summed E-state index contributed by atoms with van der Waals surface area (Å²) in [6.45, 7) is 5.67. The van der Waals surface area contributed by atoms with Gasteiger partial charge in [0, 0.05) is 44.6 Å². The Kier molecular flexibility index (Phi) is 4.88. The number of anilines is 2. The van der Waals surface area contributed by atoms with Gasteiger partial charge in [-0.05, 0) is 19.9 Å². The number of rotatable bonds is 3. The van der Waals surface area contributed by atoms with E-state index in [0.29, 0.717) is 5.82 Å². The first-order valence-corrected chi connectivity index (χ1v) is 9.40. The fourth-order valence-corrected chi connectivity index (χ4v) is 3.50. The number of carbonyl (C=O) groups is 1. The normalized spacial score (nSPS) is 20.0. The average Bonchev–Trinajstić information content (AvgIpc) is 3.26. The second kappa shape index (κ2) is 7.27. The molecule has 2 unspecified atom stereocenters. The molecule has 0 aromatic carbocycles. The Balaban J connectivity index is 1.66. The van der Waals surface area contributed by atoms with Gasteiger partial charge in [0.2, 0.25) is 0 Å². The maximum atomic E-state index is 13.2. The number of nitrogens with one attached hydrogen (secondary N) is 2. The second-order valence-corrected chi connectivity index (χ2v) is 7.44. The predicted octanol–water partition coefficient (Wildman–Crippen LogP) is 1.92. The maximum Gasteiger partial charge on any atom is 0.437 e. The van der Waals surface area contributed by atoms with E-state index in [2.05, 4.69) is 44.6 Å².